The number of anilines is 1. The lowest BCUT2D eigenvalue weighted by Crippen LogP contribution is -2.39. The van der Waals surface area contributed by atoms with Gasteiger partial charge in [0.2, 0.25) is 5.91 Å². The van der Waals surface area contributed by atoms with E-state index in [4.69, 9.17) is 0 Å². The number of hydrogen-bond donors (Lipinski definition) is 1. The number of carbonyl (C=O) groups excluding carboxylic acids is 2. The third kappa shape index (κ3) is 3.84. The highest BCUT2D eigenvalue weighted by Gasteiger charge is 2.34. The topological polar surface area (TPSA) is 52.7 Å². The second-order valence-corrected chi connectivity index (χ2v) is 6.69. The van der Waals surface area contributed by atoms with Gasteiger partial charge in [0.25, 0.3) is 0 Å². The lowest BCUT2D eigenvalue weighted by molar-refractivity contribution is -0.132. The first-order chi connectivity index (χ1) is 11.0. The van der Waals surface area contributed by atoms with Gasteiger partial charge in [-0.2, -0.15) is 0 Å². The van der Waals surface area contributed by atoms with Crippen molar-refractivity contribution in [1.82, 2.24) is 9.80 Å². The molecule has 0 aromatic heterocycles. The van der Waals surface area contributed by atoms with Crippen LogP contribution in [0.3, 0.4) is 0 Å². The molecule has 1 heterocycles. The first-order valence-electron chi connectivity index (χ1n) is 8.46. The Hall–Kier alpha value is -2.04. The molecule has 3 amide bonds. The average molecular weight is 315 g/mol. The summed E-state index contributed by atoms with van der Waals surface area (Å²) >= 11 is 0. The van der Waals surface area contributed by atoms with E-state index in [0.717, 1.165) is 37.1 Å². The molecule has 1 saturated carbocycles. The lowest BCUT2D eigenvalue weighted by atomic mass is 10.1. The summed E-state index contributed by atoms with van der Waals surface area (Å²) in [5, 5.41) is 3.00. The van der Waals surface area contributed by atoms with Crippen LogP contribution in [0.5, 0.6) is 0 Å². The fraction of sp³-hybridized carbons (Fsp3) is 0.556. The van der Waals surface area contributed by atoms with Gasteiger partial charge >= 0.3 is 6.03 Å². The van der Waals surface area contributed by atoms with Crippen molar-refractivity contribution in [3.8, 4) is 0 Å². The van der Waals surface area contributed by atoms with Crippen LogP contribution in [-0.2, 0) is 4.79 Å². The number of rotatable bonds is 2. The first kappa shape index (κ1) is 15.8. The van der Waals surface area contributed by atoms with Crippen molar-refractivity contribution < 1.29 is 9.59 Å². The van der Waals surface area contributed by atoms with E-state index >= 15 is 0 Å². The molecule has 2 aliphatic rings. The van der Waals surface area contributed by atoms with E-state index in [2.05, 4.69) is 11.4 Å². The SMILES string of the molecule is Cc1ccc(NC(=O)N2CCCN(C(=O)C3CC3)CC2)c(C)c1. The van der Waals surface area contributed by atoms with Crippen LogP contribution in [0.2, 0.25) is 0 Å². The molecule has 5 nitrogen and oxygen atoms in total. The summed E-state index contributed by atoms with van der Waals surface area (Å²) in [7, 11) is 0. The largest absolute Gasteiger partial charge is 0.341 e. The lowest BCUT2D eigenvalue weighted by Gasteiger charge is -2.23. The molecular formula is C18H25N3O2. The summed E-state index contributed by atoms with van der Waals surface area (Å²) in [6, 6.07) is 5.94. The van der Waals surface area contributed by atoms with E-state index < -0.39 is 0 Å². The molecule has 0 unspecified atom stereocenters. The Morgan fingerprint density at radius 1 is 1.04 bits per heavy atom. The summed E-state index contributed by atoms with van der Waals surface area (Å²) < 4.78 is 0. The van der Waals surface area contributed by atoms with Crippen molar-refractivity contribution in [3.05, 3.63) is 29.3 Å². The Kier molecular flexibility index (Phi) is 4.55. The predicted octanol–water partition coefficient (Wildman–Crippen LogP) is 2.78. The highest BCUT2D eigenvalue weighted by molar-refractivity contribution is 5.90. The summed E-state index contributed by atoms with van der Waals surface area (Å²) in [4.78, 5) is 28.4. The molecule has 0 bridgehead atoms. The van der Waals surface area contributed by atoms with E-state index in [1.807, 2.05) is 35.8 Å². The number of carbonyl (C=O) groups is 2. The van der Waals surface area contributed by atoms with Crippen molar-refractivity contribution in [2.75, 3.05) is 31.5 Å². The zero-order chi connectivity index (χ0) is 16.4. The van der Waals surface area contributed by atoms with E-state index in [1.165, 1.54) is 5.56 Å². The smallest absolute Gasteiger partial charge is 0.321 e. The third-order valence-corrected chi connectivity index (χ3v) is 4.64. The Bertz CT molecular complexity index is 610. The molecule has 2 fully saturated rings. The van der Waals surface area contributed by atoms with Crippen molar-refractivity contribution >= 4 is 17.6 Å². The maximum Gasteiger partial charge on any atom is 0.321 e. The molecule has 5 heteroatoms. The highest BCUT2D eigenvalue weighted by atomic mass is 16.2. The van der Waals surface area contributed by atoms with Crippen LogP contribution in [0.4, 0.5) is 10.5 Å². The molecule has 0 atom stereocenters. The minimum atomic E-state index is -0.0716. The molecule has 3 rings (SSSR count). The monoisotopic (exact) mass is 315 g/mol. The van der Waals surface area contributed by atoms with Gasteiger partial charge in [-0.15, -0.1) is 0 Å². The molecule has 1 saturated heterocycles. The quantitative estimate of drug-likeness (QED) is 0.912. The summed E-state index contributed by atoms with van der Waals surface area (Å²) in [6.45, 7) is 6.76. The van der Waals surface area contributed by atoms with Gasteiger partial charge in [-0.3, -0.25) is 4.79 Å². The van der Waals surface area contributed by atoms with Crippen LogP contribution in [0.1, 0.15) is 30.4 Å². The van der Waals surface area contributed by atoms with Crippen LogP contribution < -0.4 is 5.32 Å². The fourth-order valence-electron chi connectivity index (χ4n) is 3.08. The number of hydrogen-bond acceptors (Lipinski definition) is 2. The number of nitrogens with one attached hydrogen (secondary N) is 1. The van der Waals surface area contributed by atoms with E-state index in [0.29, 0.717) is 19.6 Å². The average Bonchev–Trinajstić information content (AvgIpc) is 3.35. The van der Waals surface area contributed by atoms with Crippen molar-refractivity contribution in [2.45, 2.75) is 33.1 Å². The van der Waals surface area contributed by atoms with Gasteiger partial charge in [-0.05, 0) is 44.7 Å². The number of benzene rings is 1. The number of aryl methyl sites for hydroxylation is 2. The Labute approximate surface area is 137 Å². The Balaban J connectivity index is 1.58. The van der Waals surface area contributed by atoms with E-state index in [-0.39, 0.29) is 17.9 Å². The van der Waals surface area contributed by atoms with E-state index in [9.17, 15) is 9.59 Å². The molecule has 1 aromatic carbocycles. The maximum atomic E-state index is 12.5. The summed E-state index contributed by atoms with van der Waals surface area (Å²) in [5.74, 6) is 0.534. The molecule has 1 aromatic rings. The van der Waals surface area contributed by atoms with Crippen LogP contribution in [-0.4, -0.2) is 47.9 Å². The standard InChI is InChI=1S/C18H25N3O2/c1-13-4-7-16(14(2)12-13)19-18(23)21-9-3-8-20(10-11-21)17(22)15-5-6-15/h4,7,12,15H,3,5-6,8-11H2,1-2H3,(H,19,23). The van der Waals surface area contributed by atoms with Gasteiger partial charge in [-0.1, -0.05) is 17.7 Å². The number of amides is 3. The van der Waals surface area contributed by atoms with Gasteiger partial charge in [0.15, 0.2) is 0 Å². The molecule has 124 valence electrons. The van der Waals surface area contributed by atoms with Gasteiger partial charge in [0.05, 0.1) is 0 Å². The molecule has 0 radical (unpaired) electrons. The highest BCUT2D eigenvalue weighted by Crippen LogP contribution is 2.31. The van der Waals surface area contributed by atoms with Crippen molar-refractivity contribution in [3.63, 3.8) is 0 Å². The first-order valence-corrected chi connectivity index (χ1v) is 8.46. The molecule has 23 heavy (non-hydrogen) atoms. The summed E-state index contributed by atoms with van der Waals surface area (Å²) in [5.41, 5.74) is 3.11. The second kappa shape index (κ2) is 6.60. The van der Waals surface area contributed by atoms with Gasteiger partial charge < -0.3 is 15.1 Å². The van der Waals surface area contributed by atoms with Crippen LogP contribution in [0, 0.1) is 19.8 Å². The van der Waals surface area contributed by atoms with Crippen LogP contribution in [0.25, 0.3) is 0 Å². The summed E-state index contributed by atoms with van der Waals surface area (Å²) in [6.07, 6.45) is 2.91. The van der Waals surface area contributed by atoms with Gasteiger partial charge in [0, 0.05) is 37.8 Å². The van der Waals surface area contributed by atoms with Crippen molar-refractivity contribution in [2.24, 2.45) is 5.92 Å². The molecular weight excluding hydrogens is 290 g/mol. The van der Waals surface area contributed by atoms with Crippen molar-refractivity contribution in [1.29, 1.82) is 0 Å². The predicted molar refractivity (Wildman–Crippen MR) is 90.4 cm³/mol. The molecule has 0 spiro atoms. The number of nitrogens with zero attached hydrogens (tertiary/aromatic N) is 2. The van der Waals surface area contributed by atoms with Crippen LogP contribution in [0.15, 0.2) is 18.2 Å². The molecule has 1 aliphatic heterocycles. The zero-order valence-electron chi connectivity index (χ0n) is 14.0. The molecule has 1 N–H and O–H groups in total. The minimum Gasteiger partial charge on any atom is -0.341 e. The second-order valence-electron chi connectivity index (χ2n) is 6.69. The fourth-order valence-corrected chi connectivity index (χ4v) is 3.08. The van der Waals surface area contributed by atoms with Gasteiger partial charge in [-0.25, -0.2) is 4.79 Å². The Morgan fingerprint density at radius 2 is 1.74 bits per heavy atom. The van der Waals surface area contributed by atoms with E-state index in [1.54, 1.807) is 0 Å². The number of urea groups is 1. The maximum absolute atomic E-state index is 12.5. The third-order valence-electron chi connectivity index (χ3n) is 4.64. The van der Waals surface area contributed by atoms with Gasteiger partial charge in [0.1, 0.15) is 0 Å². The molecule has 1 aliphatic carbocycles. The Morgan fingerprint density at radius 3 is 2.43 bits per heavy atom. The van der Waals surface area contributed by atoms with Crippen LogP contribution >= 0.6 is 0 Å². The normalized spacial score (nSPS) is 18.5. The zero-order valence-corrected chi connectivity index (χ0v) is 14.0. The minimum absolute atomic E-state index is 0.0716.